The maximum atomic E-state index is 8.89. The molecule has 0 aliphatic rings. The molecule has 0 unspecified atom stereocenters. The first-order chi connectivity index (χ1) is 8.15. The van der Waals surface area contributed by atoms with Crippen LogP contribution in [0.15, 0.2) is 0 Å². The van der Waals surface area contributed by atoms with Gasteiger partial charge in [0.25, 0.3) is 0 Å². The normalized spacial score (nSPS) is 9.59. The Kier molecular flexibility index (Phi) is 20.5. The predicted octanol–water partition coefficient (Wildman–Crippen LogP) is 3.59. The number of unbranched alkanes of at least 4 members (excludes halogenated alkanes) is 9. The van der Waals surface area contributed by atoms with Gasteiger partial charge in [-0.05, 0) is 19.1 Å². The highest BCUT2D eigenvalue weighted by molar-refractivity contribution is 7.80. The van der Waals surface area contributed by atoms with Crippen LogP contribution in [0.1, 0.15) is 78.1 Å². The van der Waals surface area contributed by atoms with Crippen LogP contribution in [0.25, 0.3) is 0 Å². The number of carboxylic acid groups (broad SMARTS) is 1. The van der Waals surface area contributed by atoms with Crippen LogP contribution in [0.5, 0.6) is 0 Å². The van der Waals surface area contributed by atoms with Gasteiger partial charge < -0.3 is 9.90 Å². The van der Waals surface area contributed by atoms with Crippen molar-refractivity contribution in [2.24, 2.45) is 0 Å². The van der Waals surface area contributed by atoms with E-state index in [0.717, 1.165) is 12.7 Å². The number of thiol groups is 1. The number of carboxylic acids is 1. The zero-order chi connectivity index (χ0) is 13.4. The van der Waals surface area contributed by atoms with Crippen molar-refractivity contribution in [2.45, 2.75) is 78.1 Å². The van der Waals surface area contributed by atoms with Crippen molar-refractivity contribution in [1.82, 2.24) is 0 Å². The molecule has 0 aromatic rings. The second kappa shape index (κ2) is 18.2. The summed E-state index contributed by atoms with van der Waals surface area (Å²) in [5.41, 5.74) is 0. The molecule has 0 saturated carbocycles. The van der Waals surface area contributed by atoms with Gasteiger partial charge in [-0.2, -0.15) is 12.6 Å². The summed E-state index contributed by atoms with van der Waals surface area (Å²) in [6, 6.07) is 0. The van der Waals surface area contributed by atoms with Crippen LogP contribution < -0.4 is 5.11 Å². The molecule has 3 heteroatoms. The Balaban J connectivity index is 0. The zero-order valence-electron chi connectivity index (χ0n) is 11.5. The fraction of sp³-hybridized carbons (Fsp3) is 0.929. The van der Waals surface area contributed by atoms with Gasteiger partial charge in [-0.1, -0.05) is 64.7 Å². The van der Waals surface area contributed by atoms with E-state index in [4.69, 9.17) is 9.90 Å². The lowest BCUT2D eigenvalue weighted by molar-refractivity contribution is -0.302. The van der Waals surface area contributed by atoms with Gasteiger partial charge in [0, 0.05) is 5.97 Å². The van der Waals surface area contributed by atoms with E-state index < -0.39 is 5.97 Å². The third-order valence-corrected chi connectivity index (χ3v) is 2.83. The van der Waals surface area contributed by atoms with E-state index in [1.807, 2.05) is 0 Å². The van der Waals surface area contributed by atoms with Gasteiger partial charge >= 0.3 is 0 Å². The minimum Gasteiger partial charge on any atom is -0.550 e. The Hall–Kier alpha value is -0.180. The Bertz CT molecular complexity index is 135. The smallest absolute Gasteiger partial charge is 0.0383 e. The average molecular weight is 261 g/mol. The maximum Gasteiger partial charge on any atom is 0.0383 e. The average Bonchev–Trinajstić information content (AvgIpc) is 2.26. The zero-order valence-corrected chi connectivity index (χ0v) is 12.4. The molecule has 0 rings (SSSR count). The van der Waals surface area contributed by atoms with Crippen molar-refractivity contribution in [3.8, 4) is 0 Å². The summed E-state index contributed by atoms with van der Waals surface area (Å²) < 4.78 is 0. The van der Waals surface area contributed by atoms with Gasteiger partial charge in [0.05, 0.1) is 0 Å². The minimum atomic E-state index is -1.08. The lowest BCUT2D eigenvalue weighted by Crippen LogP contribution is -2.16. The van der Waals surface area contributed by atoms with Crippen LogP contribution in [0.4, 0.5) is 0 Å². The van der Waals surface area contributed by atoms with Crippen molar-refractivity contribution in [2.75, 3.05) is 5.75 Å². The fourth-order valence-electron chi connectivity index (χ4n) is 1.60. The Morgan fingerprint density at radius 2 is 1.18 bits per heavy atom. The molecule has 2 nitrogen and oxygen atoms in total. The van der Waals surface area contributed by atoms with Gasteiger partial charge in [0.2, 0.25) is 0 Å². The van der Waals surface area contributed by atoms with E-state index >= 15 is 0 Å². The molecule has 0 amide bonds. The van der Waals surface area contributed by atoms with Gasteiger partial charge in [-0.15, -0.1) is 0 Å². The van der Waals surface area contributed by atoms with E-state index in [9.17, 15) is 0 Å². The largest absolute Gasteiger partial charge is 0.550 e. The summed E-state index contributed by atoms with van der Waals surface area (Å²) in [5.74, 6) is -0.0174. The fourth-order valence-corrected chi connectivity index (χ4v) is 1.82. The molecule has 0 bridgehead atoms. The SMILES string of the molecule is CC(=O)[O-].CCCCCCCCCCCCS. The molecule has 0 heterocycles. The van der Waals surface area contributed by atoms with Crippen molar-refractivity contribution in [3.05, 3.63) is 0 Å². The van der Waals surface area contributed by atoms with E-state index in [2.05, 4.69) is 19.6 Å². The van der Waals surface area contributed by atoms with E-state index in [1.165, 1.54) is 64.2 Å². The van der Waals surface area contributed by atoms with Crippen LogP contribution in [0, 0.1) is 0 Å². The molecule has 0 fully saturated rings. The van der Waals surface area contributed by atoms with E-state index in [0.29, 0.717) is 0 Å². The highest BCUT2D eigenvalue weighted by Gasteiger charge is 1.91. The molecule has 0 N–H and O–H groups in total. The Morgan fingerprint density at radius 3 is 1.47 bits per heavy atom. The lowest BCUT2D eigenvalue weighted by Gasteiger charge is -2.00. The van der Waals surface area contributed by atoms with Crippen molar-refractivity contribution < 1.29 is 9.90 Å². The molecule has 0 radical (unpaired) electrons. The van der Waals surface area contributed by atoms with Gasteiger partial charge in [-0.25, -0.2) is 0 Å². The van der Waals surface area contributed by atoms with Crippen LogP contribution in [0.3, 0.4) is 0 Å². The van der Waals surface area contributed by atoms with Gasteiger partial charge in [-0.3, -0.25) is 0 Å². The highest BCUT2D eigenvalue weighted by atomic mass is 32.1. The molecule has 0 spiro atoms. The monoisotopic (exact) mass is 261 g/mol. The molecule has 104 valence electrons. The highest BCUT2D eigenvalue weighted by Crippen LogP contribution is 2.10. The number of carbonyl (C=O) groups is 1. The second-order valence-corrected chi connectivity index (χ2v) is 4.84. The van der Waals surface area contributed by atoms with Gasteiger partial charge in [0.1, 0.15) is 0 Å². The molecule has 0 aromatic heterocycles. The van der Waals surface area contributed by atoms with Crippen molar-refractivity contribution in [3.63, 3.8) is 0 Å². The molecule has 0 saturated heterocycles. The number of aliphatic carboxylic acids is 1. The molecular weight excluding hydrogens is 232 g/mol. The van der Waals surface area contributed by atoms with Crippen molar-refractivity contribution >= 4 is 18.6 Å². The van der Waals surface area contributed by atoms with Crippen LogP contribution in [-0.4, -0.2) is 11.7 Å². The molecule has 0 aliphatic carbocycles. The summed E-state index contributed by atoms with van der Waals surface area (Å²) in [6.07, 6.45) is 14.2. The summed E-state index contributed by atoms with van der Waals surface area (Å²) >= 11 is 4.20. The van der Waals surface area contributed by atoms with E-state index in [-0.39, 0.29) is 0 Å². The molecule has 0 aromatic carbocycles. The Morgan fingerprint density at radius 1 is 0.882 bits per heavy atom. The number of hydrogen-bond acceptors (Lipinski definition) is 3. The molecule has 0 aliphatic heterocycles. The topological polar surface area (TPSA) is 40.1 Å². The standard InChI is InChI=1S/C12H26S.C2H4O2/c1-2-3-4-5-6-7-8-9-10-11-12-13;1-2(3)4/h13H,2-12H2,1H3;1H3,(H,3,4)/p-1. The lowest BCUT2D eigenvalue weighted by atomic mass is 10.1. The maximum absolute atomic E-state index is 8.89. The molecular formula is C14H29O2S-. The molecule has 17 heavy (non-hydrogen) atoms. The predicted molar refractivity (Wildman–Crippen MR) is 76.4 cm³/mol. The first kappa shape index (κ1) is 19.2. The molecule has 0 atom stereocenters. The van der Waals surface area contributed by atoms with E-state index in [1.54, 1.807) is 0 Å². The van der Waals surface area contributed by atoms with Crippen molar-refractivity contribution in [1.29, 1.82) is 0 Å². The first-order valence-corrected chi connectivity index (χ1v) is 7.56. The van der Waals surface area contributed by atoms with Crippen LogP contribution in [0.2, 0.25) is 0 Å². The Labute approximate surface area is 113 Å². The third-order valence-electron chi connectivity index (χ3n) is 2.51. The number of rotatable bonds is 10. The summed E-state index contributed by atoms with van der Waals surface area (Å²) in [7, 11) is 0. The number of hydrogen-bond donors (Lipinski definition) is 1. The minimum absolute atomic E-state index is 0.972. The van der Waals surface area contributed by atoms with Gasteiger partial charge in [0.15, 0.2) is 0 Å². The quantitative estimate of drug-likeness (QED) is 0.482. The summed E-state index contributed by atoms with van der Waals surface area (Å²) in [6.45, 7) is 3.25. The first-order valence-electron chi connectivity index (χ1n) is 6.93. The number of carbonyl (C=O) groups excluding carboxylic acids is 1. The second-order valence-electron chi connectivity index (χ2n) is 4.40. The summed E-state index contributed by atoms with van der Waals surface area (Å²) in [5, 5.41) is 8.89. The van der Waals surface area contributed by atoms with Crippen LogP contribution >= 0.6 is 12.6 Å². The van der Waals surface area contributed by atoms with Crippen LogP contribution in [-0.2, 0) is 4.79 Å². The third kappa shape index (κ3) is 31.3. The summed E-state index contributed by atoms with van der Waals surface area (Å²) in [4.78, 5) is 8.89.